The van der Waals surface area contributed by atoms with Gasteiger partial charge in [0.2, 0.25) is 0 Å². The summed E-state index contributed by atoms with van der Waals surface area (Å²) in [5.41, 5.74) is -0.114. The summed E-state index contributed by atoms with van der Waals surface area (Å²) in [6.07, 6.45) is 0. The predicted molar refractivity (Wildman–Crippen MR) is 52.5 cm³/mol. The van der Waals surface area contributed by atoms with Crippen LogP contribution in [0.1, 0.15) is 32.4 Å². The first-order valence-corrected chi connectivity index (χ1v) is 4.62. The molecule has 0 bridgehead atoms. The van der Waals surface area contributed by atoms with E-state index < -0.39 is 0 Å². The van der Waals surface area contributed by atoms with Crippen LogP contribution in [0.4, 0.5) is 0 Å². The Hall–Kier alpha value is -0.900. The van der Waals surface area contributed by atoms with Gasteiger partial charge in [-0.3, -0.25) is 0 Å². The Morgan fingerprint density at radius 1 is 1.38 bits per heavy atom. The topological polar surface area (TPSA) is 42.7 Å². The maximum absolute atomic E-state index is 4.18. The standard InChI is InChI=1S/C9H18N4/c1-6-13-7(2)11-12-8(13)9(3,4)10-5/h10H,6H2,1-5H3. The van der Waals surface area contributed by atoms with E-state index in [1.54, 1.807) is 0 Å². The summed E-state index contributed by atoms with van der Waals surface area (Å²) in [4.78, 5) is 0. The lowest BCUT2D eigenvalue weighted by molar-refractivity contribution is 0.395. The average molecular weight is 182 g/mol. The SMILES string of the molecule is CCn1c(C)nnc1C(C)(C)NC. The minimum Gasteiger partial charge on any atom is -0.314 e. The van der Waals surface area contributed by atoms with E-state index in [1.807, 2.05) is 14.0 Å². The van der Waals surface area contributed by atoms with Crippen LogP contribution in [0.2, 0.25) is 0 Å². The molecule has 74 valence electrons. The highest BCUT2D eigenvalue weighted by atomic mass is 15.3. The van der Waals surface area contributed by atoms with Gasteiger partial charge in [-0.15, -0.1) is 10.2 Å². The molecule has 0 fully saturated rings. The van der Waals surface area contributed by atoms with E-state index in [-0.39, 0.29) is 5.54 Å². The van der Waals surface area contributed by atoms with Gasteiger partial charge in [-0.05, 0) is 34.7 Å². The highest BCUT2D eigenvalue weighted by Crippen LogP contribution is 2.17. The quantitative estimate of drug-likeness (QED) is 0.760. The Bertz CT molecular complexity index is 288. The second-order valence-corrected chi connectivity index (χ2v) is 3.69. The molecule has 4 nitrogen and oxygen atoms in total. The summed E-state index contributed by atoms with van der Waals surface area (Å²) in [7, 11) is 1.93. The van der Waals surface area contributed by atoms with Gasteiger partial charge in [0.15, 0.2) is 5.82 Å². The molecule has 0 aromatic carbocycles. The fourth-order valence-electron chi connectivity index (χ4n) is 1.33. The number of rotatable bonds is 3. The lowest BCUT2D eigenvalue weighted by Crippen LogP contribution is -2.36. The van der Waals surface area contributed by atoms with Crippen LogP contribution in [0.3, 0.4) is 0 Å². The molecule has 0 aliphatic carbocycles. The first kappa shape index (κ1) is 10.2. The summed E-state index contributed by atoms with van der Waals surface area (Å²) in [6, 6.07) is 0. The van der Waals surface area contributed by atoms with Gasteiger partial charge in [-0.2, -0.15) is 0 Å². The maximum atomic E-state index is 4.18. The zero-order valence-electron chi connectivity index (χ0n) is 9.05. The van der Waals surface area contributed by atoms with Crippen LogP contribution in [0.25, 0.3) is 0 Å². The molecule has 0 spiro atoms. The van der Waals surface area contributed by atoms with Crippen molar-refractivity contribution in [1.82, 2.24) is 20.1 Å². The van der Waals surface area contributed by atoms with Crippen LogP contribution in [0.15, 0.2) is 0 Å². The Labute approximate surface area is 79.4 Å². The molecule has 1 heterocycles. The number of aromatic nitrogens is 3. The Balaban J connectivity index is 3.14. The van der Waals surface area contributed by atoms with E-state index in [2.05, 4.69) is 40.9 Å². The Kier molecular flexibility index (Phi) is 2.71. The van der Waals surface area contributed by atoms with E-state index >= 15 is 0 Å². The van der Waals surface area contributed by atoms with Crippen molar-refractivity contribution in [1.29, 1.82) is 0 Å². The third-order valence-corrected chi connectivity index (χ3v) is 2.44. The second-order valence-electron chi connectivity index (χ2n) is 3.69. The zero-order valence-corrected chi connectivity index (χ0v) is 9.05. The van der Waals surface area contributed by atoms with Crippen LogP contribution in [-0.4, -0.2) is 21.8 Å². The molecule has 1 rings (SSSR count). The molecular formula is C9H18N4. The minimum absolute atomic E-state index is 0.114. The van der Waals surface area contributed by atoms with E-state index in [1.165, 1.54) is 0 Å². The smallest absolute Gasteiger partial charge is 0.152 e. The average Bonchev–Trinajstić information content (AvgIpc) is 2.47. The van der Waals surface area contributed by atoms with Gasteiger partial charge in [0.1, 0.15) is 5.82 Å². The lowest BCUT2D eigenvalue weighted by Gasteiger charge is -2.23. The third-order valence-electron chi connectivity index (χ3n) is 2.44. The number of nitrogens with one attached hydrogen (secondary N) is 1. The molecule has 0 radical (unpaired) electrons. The van der Waals surface area contributed by atoms with E-state index in [4.69, 9.17) is 0 Å². The molecule has 13 heavy (non-hydrogen) atoms. The molecule has 0 saturated carbocycles. The van der Waals surface area contributed by atoms with Gasteiger partial charge >= 0.3 is 0 Å². The molecule has 0 atom stereocenters. The summed E-state index contributed by atoms with van der Waals surface area (Å²) in [6.45, 7) is 9.20. The van der Waals surface area contributed by atoms with Gasteiger partial charge in [0, 0.05) is 6.54 Å². The fraction of sp³-hybridized carbons (Fsp3) is 0.778. The van der Waals surface area contributed by atoms with Crippen molar-refractivity contribution < 1.29 is 0 Å². The van der Waals surface area contributed by atoms with E-state index in [9.17, 15) is 0 Å². The van der Waals surface area contributed by atoms with Gasteiger partial charge < -0.3 is 9.88 Å². The van der Waals surface area contributed by atoms with Gasteiger partial charge in [-0.1, -0.05) is 0 Å². The van der Waals surface area contributed by atoms with Gasteiger partial charge in [0.25, 0.3) is 0 Å². The summed E-state index contributed by atoms with van der Waals surface area (Å²) < 4.78 is 2.12. The highest BCUT2D eigenvalue weighted by Gasteiger charge is 2.24. The largest absolute Gasteiger partial charge is 0.314 e. The number of hydrogen-bond acceptors (Lipinski definition) is 3. The summed E-state index contributed by atoms with van der Waals surface area (Å²) in [5, 5.41) is 11.5. The monoisotopic (exact) mass is 182 g/mol. The molecule has 0 saturated heterocycles. The van der Waals surface area contributed by atoms with Crippen molar-refractivity contribution in [2.45, 2.75) is 39.8 Å². The van der Waals surface area contributed by atoms with Crippen LogP contribution < -0.4 is 5.32 Å². The van der Waals surface area contributed by atoms with Gasteiger partial charge in [-0.25, -0.2) is 0 Å². The van der Waals surface area contributed by atoms with E-state index in [0.717, 1.165) is 18.2 Å². The van der Waals surface area contributed by atoms with Crippen molar-refractivity contribution in [2.75, 3.05) is 7.05 Å². The van der Waals surface area contributed by atoms with Crippen LogP contribution in [0.5, 0.6) is 0 Å². The Morgan fingerprint density at radius 3 is 2.46 bits per heavy atom. The summed E-state index contributed by atoms with van der Waals surface area (Å²) >= 11 is 0. The van der Waals surface area contributed by atoms with E-state index in [0.29, 0.717) is 0 Å². The molecular weight excluding hydrogens is 164 g/mol. The second kappa shape index (κ2) is 3.46. The molecule has 1 aromatic rings. The van der Waals surface area contributed by atoms with Crippen molar-refractivity contribution >= 4 is 0 Å². The predicted octanol–water partition coefficient (Wildman–Crippen LogP) is 1.06. The molecule has 0 unspecified atom stereocenters. The fourth-order valence-corrected chi connectivity index (χ4v) is 1.33. The molecule has 0 amide bonds. The number of aryl methyl sites for hydroxylation is 1. The minimum atomic E-state index is -0.114. The van der Waals surface area contributed by atoms with Crippen LogP contribution >= 0.6 is 0 Å². The Morgan fingerprint density at radius 2 is 2.00 bits per heavy atom. The summed E-state index contributed by atoms with van der Waals surface area (Å²) in [5.74, 6) is 1.97. The molecule has 0 aliphatic heterocycles. The van der Waals surface area contributed by atoms with Crippen molar-refractivity contribution in [3.05, 3.63) is 11.6 Å². The first-order chi connectivity index (χ1) is 6.03. The number of nitrogens with zero attached hydrogens (tertiary/aromatic N) is 3. The maximum Gasteiger partial charge on any atom is 0.152 e. The van der Waals surface area contributed by atoms with Crippen molar-refractivity contribution in [3.63, 3.8) is 0 Å². The molecule has 0 aliphatic rings. The van der Waals surface area contributed by atoms with Crippen LogP contribution in [-0.2, 0) is 12.1 Å². The lowest BCUT2D eigenvalue weighted by atomic mass is 10.1. The third kappa shape index (κ3) is 1.72. The van der Waals surface area contributed by atoms with Crippen molar-refractivity contribution in [3.8, 4) is 0 Å². The van der Waals surface area contributed by atoms with Gasteiger partial charge in [0.05, 0.1) is 5.54 Å². The molecule has 4 heteroatoms. The number of hydrogen-bond donors (Lipinski definition) is 1. The first-order valence-electron chi connectivity index (χ1n) is 4.62. The molecule has 1 N–H and O–H groups in total. The zero-order chi connectivity index (χ0) is 10.1. The normalized spacial score (nSPS) is 12.1. The van der Waals surface area contributed by atoms with Crippen molar-refractivity contribution in [2.24, 2.45) is 0 Å². The van der Waals surface area contributed by atoms with Crippen LogP contribution in [0, 0.1) is 6.92 Å². The highest BCUT2D eigenvalue weighted by molar-refractivity contribution is 5.05. The molecule has 1 aromatic heterocycles.